The van der Waals surface area contributed by atoms with Crippen LogP contribution in [0.4, 0.5) is 0 Å². The van der Waals surface area contributed by atoms with Gasteiger partial charge in [-0.05, 0) is 16.0 Å². The fraction of sp³-hybridized carbons (Fsp3) is 0.111. The Morgan fingerprint density at radius 1 is 1.07 bits per heavy atom. The molecule has 2 aromatic rings. The second kappa shape index (κ2) is 3.89. The van der Waals surface area contributed by atoms with Gasteiger partial charge in [-0.15, -0.1) is 10.2 Å². The van der Waals surface area contributed by atoms with Gasteiger partial charge in [0.1, 0.15) is 5.69 Å². The molecule has 0 fully saturated rings. The molecule has 5 heteroatoms. The average molecular weight is 187 g/mol. The summed E-state index contributed by atoms with van der Waals surface area (Å²) in [7, 11) is 0. The van der Waals surface area contributed by atoms with Crippen LogP contribution in [-0.2, 0) is 0 Å². The second-order valence-electron chi connectivity index (χ2n) is 2.84. The van der Waals surface area contributed by atoms with Crippen LogP contribution >= 0.6 is 0 Å². The van der Waals surface area contributed by atoms with Gasteiger partial charge in [0.15, 0.2) is 0 Å². The summed E-state index contributed by atoms with van der Waals surface area (Å²) in [6.45, 7) is 0. The molecule has 1 atom stereocenters. The van der Waals surface area contributed by atoms with Gasteiger partial charge in [0.25, 0.3) is 0 Å². The Morgan fingerprint density at radius 2 is 1.86 bits per heavy atom. The molecule has 1 unspecified atom stereocenters. The van der Waals surface area contributed by atoms with Gasteiger partial charge in [-0.3, -0.25) is 0 Å². The molecule has 0 aliphatic carbocycles. The quantitative estimate of drug-likeness (QED) is 0.732. The summed E-state index contributed by atoms with van der Waals surface area (Å²) in [5.41, 5.74) is 7.54. The van der Waals surface area contributed by atoms with E-state index in [9.17, 15) is 0 Å². The van der Waals surface area contributed by atoms with Crippen LogP contribution in [0.5, 0.6) is 0 Å². The molecule has 2 rings (SSSR count). The summed E-state index contributed by atoms with van der Waals surface area (Å²) < 4.78 is 0. The molecule has 14 heavy (non-hydrogen) atoms. The third-order valence-corrected chi connectivity index (χ3v) is 1.92. The maximum atomic E-state index is 5.95. The first kappa shape index (κ1) is 8.71. The molecule has 1 heterocycles. The minimum Gasteiger partial charge on any atom is -0.319 e. The van der Waals surface area contributed by atoms with E-state index in [2.05, 4.69) is 20.6 Å². The van der Waals surface area contributed by atoms with Crippen molar-refractivity contribution in [1.29, 1.82) is 0 Å². The van der Waals surface area contributed by atoms with E-state index in [0.717, 1.165) is 5.56 Å². The van der Waals surface area contributed by atoms with E-state index in [1.54, 1.807) is 0 Å². The largest absolute Gasteiger partial charge is 0.319 e. The molecule has 0 saturated carbocycles. The van der Waals surface area contributed by atoms with Gasteiger partial charge < -0.3 is 5.73 Å². The Kier molecular flexibility index (Phi) is 2.42. The minimum absolute atomic E-state index is 0.292. The molecule has 2 N–H and O–H groups in total. The number of hydrogen-bond acceptors (Lipinski definition) is 5. The monoisotopic (exact) mass is 187 g/mol. The van der Waals surface area contributed by atoms with Gasteiger partial charge in [0.05, 0.1) is 12.2 Å². The van der Waals surface area contributed by atoms with Gasteiger partial charge in [-0.2, -0.15) is 0 Å². The predicted octanol–water partition coefficient (Wildman–Crippen LogP) is 0.315. The highest BCUT2D eigenvalue weighted by atomic mass is 15.4. The van der Waals surface area contributed by atoms with Crippen LogP contribution in [0.25, 0.3) is 0 Å². The number of nitrogens with two attached hydrogens (primary N) is 1. The van der Waals surface area contributed by atoms with E-state index in [1.807, 2.05) is 30.3 Å². The summed E-state index contributed by atoms with van der Waals surface area (Å²) in [6, 6.07) is 9.37. The van der Waals surface area contributed by atoms with Gasteiger partial charge in [0, 0.05) is 0 Å². The summed E-state index contributed by atoms with van der Waals surface area (Å²) >= 11 is 0. The number of rotatable bonds is 2. The molecule has 1 aromatic carbocycles. The van der Waals surface area contributed by atoms with Gasteiger partial charge in [0.2, 0.25) is 0 Å². The fourth-order valence-corrected chi connectivity index (χ4v) is 1.18. The summed E-state index contributed by atoms with van der Waals surface area (Å²) in [6.07, 6.45) is 1.52. The first-order valence-corrected chi connectivity index (χ1v) is 4.19. The van der Waals surface area contributed by atoms with Crippen molar-refractivity contribution in [3.63, 3.8) is 0 Å². The minimum atomic E-state index is -0.292. The Morgan fingerprint density at radius 3 is 2.50 bits per heavy atom. The Labute approximate surface area is 81.0 Å². The van der Waals surface area contributed by atoms with E-state index in [4.69, 9.17) is 5.73 Å². The number of benzene rings is 1. The van der Waals surface area contributed by atoms with Crippen molar-refractivity contribution < 1.29 is 0 Å². The normalized spacial score (nSPS) is 12.4. The van der Waals surface area contributed by atoms with Gasteiger partial charge >= 0.3 is 0 Å². The van der Waals surface area contributed by atoms with E-state index in [0.29, 0.717) is 5.69 Å². The molecule has 0 spiro atoms. The van der Waals surface area contributed by atoms with Crippen LogP contribution in [0, 0.1) is 0 Å². The van der Waals surface area contributed by atoms with Crippen molar-refractivity contribution in [2.75, 3.05) is 0 Å². The highest BCUT2D eigenvalue weighted by Gasteiger charge is 2.09. The molecule has 5 nitrogen and oxygen atoms in total. The summed E-state index contributed by atoms with van der Waals surface area (Å²) in [4.78, 5) is 0. The molecule has 0 amide bonds. The average Bonchev–Trinajstić information content (AvgIpc) is 2.30. The molecule has 0 radical (unpaired) electrons. The lowest BCUT2D eigenvalue weighted by atomic mass is 10.1. The van der Waals surface area contributed by atoms with Crippen LogP contribution in [0.3, 0.4) is 0 Å². The van der Waals surface area contributed by atoms with Crippen molar-refractivity contribution in [2.45, 2.75) is 6.04 Å². The molecule has 0 saturated heterocycles. The van der Waals surface area contributed by atoms with E-state index < -0.39 is 0 Å². The smallest absolute Gasteiger partial charge is 0.106 e. The van der Waals surface area contributed by atoms with Gasteiger partial charge in [-0.1, -0.05) is 30.3 Å². The molecule has 0 aliphatic heterocycles. The Bertz CT molecular complexity index is 349. The van der Waals surface area contributed by atoms with Crippen molar-refractivity contribution in [3.8, 4) is 0 Å². The molecule has 0 aliphatic rings. The predicted molar refractivity (Wildman–Crippen MR) is 50.1 cm³/mol. The number of nitrogens with zero attached hydrogens (tertiary/aromatic N) is 4. The SMILES string of the molecule is NC(c1ccccc1)c1cnnnn1. The van der Waals surface area contributed by atoms with Crippen LogP contribution in [-0.4, -0.2) is 20.6 Å². The van der Waals surface area contributed by atoms with Crippen molar-refractivity contribution in [3.05, 3.63) is 47.8 Å². The van der Waals surface area contributed by atoms with Crippen LogP contribution in [0.15, 0.2) is 36.5 Å². The van der Waals surface area contributed by atoms with Crippen LogP contribution in [0.2, 0.25) is 0 Å². The second-order valence-corrected chi connectivity index (χ2v) is 2.84. The molecule has 70 valence electrons. The van der Waals surface area contributed by atoms with E-state index >= 15 is 0 Å². The fourth-order valence-electron chi connectivity index (χ4n) is 1.18. The maximum absolute atomic E-state index is 5.95. The van der Waals surface area contributed by atoms with Crippen LogP contribution < -0.4 is 5.73 Å². The van der Waals surface area contributed by atoms with Crippen LogP contribution in [0.1, 0.15) is 17.3 Å². The maximum Gasteiger partial charge on any atom is 0.106 e. The molecule has 1 aromatic heterocycles. The highest BCUT2D eigenvalue weighted by Crippen LogP contribution is 2.14. The first-order valence-electron chi connectivity index (χ1n) is 4.19. The third kappa shape index (κ3) is 1.72. The van der Waals surface area contributed by atoms with Crippen molar-refractivity contribution >= 4 is 0 Å². The molecular weight excluding hydrogens is 178 g/mol. The lowest BCUT2D eigenvalue weighted by Crippen LogP contribution is -2.14. The standard InChI is InChI=1S/C9H9N5/c10-9(7-4-2-1-3-5-7)8-6-11-13-14-12-8/h1-6,9H,10H2. The zero-order chi connectivity index (χ0) is 9.80. The Balaban J connectivity index is 2.30. The molecule has 0 bridgehead atoms. The van der Waals surface area contributed by atoms with E-state index in [-0.39, 0.29) is 6.04 Å². The zero-order valence-electron chi connectivity index (χ0n) is 7.41. The van der Waals surface area contributed by atoms with Crippen molar-refractivity contribution in [1.82, 2.24) is 20.6 Å². The first-order chi connectivity index (χ1) is 6.88. The van der Waals surface area contributed by atoms with Crippen molar-refractivity contribution in [2.24, 2.45) is 5.73 Å². The summed E-state index contributed by atoms with van der Waals surface area (Å²) in [5, 5.41) is 14.2. The lowest BCUT2D eigenvalue weighted by Gasteiger charge is -2.08. The zero-order valence-corrected chi connectivity index (χ0v) is 7.41. The molecular formula is C9H9N5. The number of hydrogen-bond donors (Lipinski definition) is 1. The number of aromatic nitrogens is 4. The van der Waals surface area contributed by atoms with E-state index in [1.165, 1.54) is 6.20 Å². The van der Waals surface area contributed by atoms with Gasteiger partial charge in [-0.25, -0.2) is 0 Å². The summed E-state index contributed by atoms with van der Waals surface area (Å²) in [5.74, 6) is 0. The lowest BCUT2D eigenvalue weighted by molar-refractivity contribution is 0.689. The third-order valence-electron chi connectivity index (χ3n) is 1.92. The highest BCUT2D eigenvalue weighted by molar-refractivity contribution is 5.24. The topological polar surface area (TPSA) is 77.6 Å². The Hall–Kier alpha value is -1.88.